The summed E-state index contributed by atoms with van der Waals surface area (Å²) in [4.78, 5) is 14.6. The van der Waals surface area contributed by atoms with Gasteiger partial charge in [-0.25, -0.2) is 13.5 Å². The number of benzene rings is 1. The monoisotopic (exact) mass is 360 g/mol. The van der Waals surface area contributed by atoms with Gasteiger partial charge in [0.1, 0.15) is 11.4 Å². The number of alkyl halides is 2. The fourth-order valence-electron chi connectivity index (χ4n) is 3.95. The van der Waals surface area contributed by atoms with Crippen LogP contribution in [0.1, 0.15) is 35.2 Å². The lowest BCUT2D eigenvalue weighted by Gasteiger charge is -2.32. The van der Waals surface area contributed by atoms with Crippen molar-refractivity contribution < 1.29 is 13.6 Å². The van der Waals surface area contributed by atoms with Gasteiger partial charge in [0.25, 0.3) is 11.8 Å². The summed E-state index contributed by atoms with van der Waals surface area (Å²) in [5.41, 5.74) is 8.34. The number of likely N-dealkylation sites (tertiary alicyclic amines) is 1. The van der Waals surface area contributed by atoms with E-state index in [1.54, 1.807) is 9.58 Å². The first-order valence-corrected chi connectivity index (χ1v) is 8.95. The van der Waals surface area contributed by atoms with E-state index in [-0.39, 0.29) is 24.1 Å². The maximum absolute atomic E-state index is 13.4. The molecule has 7 heteroatoms. The number of piperidine rings is 1. The van der Waals surface area contributed by atoms with Gasteiger partial charge in [0.05, 0.1) is 11.9 Å². The molecular formula is C19H22F2N4O. The van der Waals surface area contributed by atoms with Gasteiger partial charge in [-0.2, -0.15) is 5.10 Å². The third-order valence-electron chi connectivity index (χ3n) is 5.57. The number of aryl methyl sites for hydroxylation is 1. The van der Waals surface area contributed by atoms with Gasteiger partial charge in [-0.3, -0.25) is 4.79 Å². The second-order valence-corrected chi connectivity index (χ2v) is 7.37. The van der Waals surface area contributed by atoms with Crippen LogP contribution in [0.3, 0.4) is 0 Å². The van der Waals surface area contributed by atoms with E-state index < -0.39 is 11.8 Å². The Morgan fingerprint density at radius 2 is 2.08 bits per heavy atom. The number of anilines is 1. The molecule has 5 nitrogen and oxygen atoms in total. The minimum atomic E-state index is -2.55. The van der Waals surface area contributed by atoms with E-state index in [4.69, 9.17) is 5.73 Å². The average Bonchev–Trinajstić information content (AvgIpc) is 3.10. The molecule has 1 amide bonds. The number of para-hydroxylation sites is 1. The molecule has 0 radical (unpaired) electrons. The van der Waals surface area contributed by atoms with E-state index in [2.05, 4.69) is 5.10 Å². The molecule has 2 aliphatic rings. The molecule has 4 rings (SSSR count). The van der Waals surface area contributed by atoms with Gasteiger partial charge in [-0.05, 0) is 37.3 Å². The highest BCUT2D eigenvalue weighted by Crippen LogP contribution is 2.54. The molecule has 2 fully saturated rings. The lowest BCUT2D eigenvalue weighted by molar-refractivity contribution is 0.0509. The highest BCUT2D eigenvalue weighted by atomic mass is 19.3. The van der Waals surface area contributed by atoms with Crippen LogP contribution >= 0.6 is 0 Å². The van der Waals surface area contributed by atoms with Crippen LogP contribution < -0.4 is 5.73 Å². The third-order valence-corrected chi connectivity index (χ3v) is 5.57. The average molecular weight is 360 g/mol. The van der Waals surface area contributed by atoms with E-state index in [1.807, 2.05) is 31.2 Å². The number of carbonyl (C=O) groups excluding carboxylic acids is 1. The zero-order valence-corrected chi connectivity index (χ0v) is 14.7. The van der Waals surface area contributed by atoms with Crippen molar-refractivity contribution in [2.24, 2.45) is 11.8 Å². The van der Waals surface area contributed by atoms with Gasteiger partial charge >= 0.3 is 0 Å². The van der Waals surface area contributed by atoms with Crippen LogP contribution in [0.4, 0.5) is 14.6 Å². The van der Waals surface area contributed by atoms with E-state index >= 15 is 0 Å². The van der Waals surface area contributed by atoms with Crippen LogP contribution in [0.15, 0.2) is 30.5 Å². The Kier molecular flexibility index (Phi) is 3.97. The van der Waals surface area contributed by atoms with Gasteiger partial charge in [0.15, 0.2) is 0 Å². The largest absolute Gasteiger partial charge is 0.383 e. The topological polar surface area (TPSA) is 64.2 Å². The van der Waals surface area contributed by atoms with Crippen molar-refractivity contribution in [3.63, 3.8) is 0 Å². The smallest absolute Gasteiger partial charge is 0.259 e. The van der Waals surface area contributed by atoms with E-state index in [0.29, 0.717) is 18.7 Å². The SMILES string of the molecule is Cc1ccccc1-n1ncc(C(=O)N2CCCC(C3CC3(F)F)C2)c1N. The summed E-state index contributed by atoms with van der Waals surface area (Å²) in [7, 11) is 0. The van der Waals surface area contributed by atoms with Crippen LogP contribution in [0.5, 0.6) is 0 Å². The van der Waals surface area contributed by atoms with Crippen LogP contribution in [0, 0.1) is 18.8 Å². The highest BCUT2D eigenvalue weighted by Gasteiger charge is 2.60. The Labute approximate surface area is 150 Å². The van der Waals surface area contributed by atoms with E-state index in [9.17, 15) is 13.6 Å². The van der Waals surface area contributed by atoms with Crippen LogP contribution in [0.25, 0.3) is 5.69 Å². The molecule has 26 heavy (non-hydrogen) atoms. The minimum absolute atomic E-state index is 0.0486. The second-order valence-electron chi connectivity index (χ2n) is 7.37. The molecule has 1 aliphatic heterocycles. The van der Waals surface area contributed by atoms with Crippen LogP contribution in [-0.4, -0.2) is 39.6 Å². The number of nitrogen functional groups attached to an aromatic ring is 1. The van der Waals surface area contributed by atoms with Gasteiger partial charge in [0.2, 0.25) is 0 Å². The molecule has 2 aromatic rings. The Morgan fingerprint density at radius 1 is 1.35 bits per heavy atom. The second kappa shape index (κ2) is 6.07. The zero-order valence-electron chi connectivity index (χ0n) is 14.7. The standard InChI is InChI=1S/C19H22F2N4O/c1-12-5-2-3-7-16(12)25-17(22)14(10-23-25)18(26)24-8-4-6-13(11-24)15-9-19(15,20)21/h2-3,5,7,10,13,15H,4,6,8-9,11,22H2,1H3. The fraction of sp³-hybridized carbons (Fsp3) is 0.474. The first-order chi connectivity index (χ1) is 12.4. The van der Waals surface area contributed by atoms with Crippen molar-refractivity contribution >= 4 is 11.7 Å². The molecule has 2 atom stereocenters. The molecule has 1 saturated heterocycles. The first-order valence-electron chi connectivity index (χ1n) is 8.95. The van der Waals surface area contributed by atoms with Crippen molar-refractivity contribution in [1.29, 1.82) is 0 Å². The summed E-state index contributed by atoms with van der Waals surface area (Å²) in [5.74, 6) is -3.20. The molecule has 1 aromatic heterocycles. The Balaban J connectivity index is 1.55. The molecule has 1 aliphatic carbocycles. The van der Waals surface area contributed by atoms with Gasteiger partial charge < -0.3 is 10.6 Å². The van der Waals surface area contributed by atoms with Crippen molar-refractivity contribution in [3.05, 3.63) is 41.6 Å². The number of hydrogen-bond donors (Lipinski definition) is 1. The predicted octanol–water partition coefficient (Wildman–Crippen LogP) is 3.27. The van der Waals surface area contributed by atoms with Gasteiger partial charge in [-0.15, -0.1) is 0 Å². The molecule has 1 aromatic carbocycles. The van der Waals surface area contributed by atoms with Crippen LogP contribution in [-0.2, 0) is 0 Å². The molecule has 1 saturated carbocycles. The maximum atomic E-state index is 13.4. The summed E-state index contributed by atoms with van der Waals surface area (Å²) in [5, 5.41) is 4.28. The number of carbonyl (C=O) groups is 1. The Morgan fingerprint density at radius 3 is 2.77 bits per heavy atom. The number of hydrogen-bond acceptors (Lipinski definition) is 3. The normalized spacial score (nSPS) is 24.5. The maximum Gasteiger partial charge on any atom is 0.259 e. The summed E-state index contributed by atoms with van der Waals surface area (Å²) in [6, 6.07) is 7.64. The Bertz CT molecular complexity index is 848. The third kappa shape index (κ3) is 2.85. The lowest BCUT2D eigenvalue weighted by Crippen LogP contribution is -2.41. The van der Waals surface area contributed by atoms with Crippen molar-refractivity contribution in [3.8, 4) is 5.69 Å². The molecule has 2 unspecified atom stereocenters. The quantitative estimate of drug-likeness (QED) is 0.914. The molecule has 2 heterocycles. The van der Waals surface area contributed by atoms with Gasteiger partial charge in [-0.1, -0.05) is 18.2 Å². The summed E-state index contributed by atoms with van der Waals surface area (Å²) in [6.45, 7) is 2.89. The van der Waals surface area contributed by atoms with Gasteiger partial charge in [0, 0.05) is 25.4 Å². The van der Waals surface area contributed by atoms with Crippen molar-refractivity contribution in [1.82, 2.24) is 14.7 Å². The van der Waals surface area contributed by atoms with Crippen molar-refractivity contribution in [2.75, 3.05) is 18.8 Å². The predicted molar refractivity (Wildman–Crippen MR) is 94.4 cm³/mol. The number of amides is 1. The number of nitrogens with two attached hydrogens (primary N) is 1. The summed E-state index contributed by atoms with van der Waals surface area (Å²) >= 11 is 0. The summed E-state index contributed by atoms with van der Waals surface area (Å²) in [6.07, 6.45) is 2.92. The first kappa shape index (κ1) is 17.0. The van der Waals surface area contributed by atoms with E-state index in [1.165, 1.54) is 6.20 Å². The number of nitrogens with zero attached hydrogens (tertiary/aromatic N) is 3. The Hall–Kier alpha value is -2.44. The molecular weight excluding hydrogens is 338 g/mol. The molecule has 0 spiro atoms. The zero-order chi connectivity index (χ0) is 18.5. The minimum Gasteiger partial charge on any atom is -0.383 e. The molecule has 2 N–H and O–H groups in total. The van der Waals surface area contributed by atoms with Crippen LogP contribution in [0.2, 0.25) is 0 Å². The molecule has 0 bridgehead atoms. The fourth-order valence-corrected chi connectivity index (χ4v) is 3.95. The summed E-state index contributed by atoms with van der Waals surface area (Å²) < 4.78 is 28.3. The lowest BCUT2D eigenvalue weighted by atomic mass is 9.92. The highest BCUT2D eigenvalue weighted by molar-refractivity contribution is 5.98. The number of aromatic nitrogens is 2. The number of halogens is 2. The molecule has 138 valence electrons. The van der Waals surface area contributed by atoms with E-state index in [0.717, 1.165) is 24.1 Å². The van der Waals surface area contributed by atoms with Crippen molar-refractivity contribution in [2.45, 2.75) is 32.1 Å². The number of rotatable bonds is 3.